The molecule has 1 heterocycles. The summed E-state index contributed by atoms with van der Waals surface area (Å²) in [4.78, 5) is 4.37. The van der Waals surface area contributed by atoms with E-state index >= 15 is 0 Å². The lowest BCUT2D eigenvalue weighted by atomic mass is 9.78. The average molecular weight is 397 g/mol. The molecule has 1 N–H and O–H groups in total. The standard InChI is InChI=1S/C16H15Br2NO/c17-13-2-1-12-8-16(20,6-5-11(12)7-13)9-15-4-3-14(18)10-19-15/h1-4,7,10,20H,5-6,8-9H2. The minimum absolute atomic E-state index is 0.607. The molecule has 0 amide bonds. The summed E-state index contributed by atoms with van der Waals surface area (Å²) in [6.45, 7) is 0. The van der Waals surface area contributed by atoms with E-state index in [9.17, 15) is 5.11 Å². The lowest BCUT2D eigenvalue weighted by Gasteiger charge is -2.33. The van der Waals surface area contributed by atoms with Crippen molar-refractivity contribution in [1.82, 2.24) is 4.98 Å². The van der Waals surface area contributed by atoms with Gasteiger partial charge in [-0.2, -0.15) is 0 Å². The number of halogens is 2. The van der Waals surface area contributed by atoms with Gasteiger partial charge in [-0.3, -0.25) is 4.98 Å². The molecule has 0 saturated carbocycles. The highest BCUT2D eigenvalue weighted by atomic mass is 79.9. The van der Waals surface area contributed by atoms with E-state index in [2.05, 4.69) is 49.0 Å². The third-order valence-corrected chi connectivity index (χ3v) is 4.81. The Bertz CT molecular complexity index is 627. The van der Waals surface area contributed by atoms with Crippen LogP contribution >= 0.6 is 31.9 Å². The molecular weight excluding hydrogens is 382 g/mol. The van der Waals surface area contributed by atoms with Gasteiger partial charge in [-0.15, -0.1) is 0 Å². The summed E-state index contributed by atoms with van der Waals surface area (Å²) in [5.74, 6) is 0. The van der Waals surface area contributed by atoms with Crippen molar-refractivity contribution in [3.05, 3.63) is 62.3 Å². The van der Waals surface area contributed by atoms with E-state index in [0.29, 0.717) is 12.8 Å². The second kappa shape index (κ2) is 5.58. The van der Waals surface area contributed by atoms with Gasteiger partial charge in [0.2, 0.25) is 0 Å². The molecule has 0 saturated heterocycles. The highest BCUT2D eigenvalue weighted by Gasteiger charge is 2.32. The molecule has 20 heavy (non-hydrogen) atoms. The lowest BCUT2D eigenvalue weighted by Crippen LogP contribution is -2.38. The number of rotatable bonds is 2. The normalized spacial score (nSPS) is 21.6. The quantitative estimate of drug-likeness (QED) is 0.829. The van der Waals surface area contributed by atoms with Gasteiger partial charge >= 0.3 is 0 Å². The predicted molar refractivity (Wildman–Crippen MR) is 86.8 cm³/mol. The second-order valence-corrected chi connectivity index (χ2v) is 7.29. The van der Waals surface area contributed by atoms with Gasteiger partial charge in [-0.25, -0.2) is 0 Å². The molecule has 1 aromatic carbocycles. The fourth-order valence-corrected chi connectivity index (χ4v) is 3.45. The average Bonchev–Trinajstić information content (AvgIpc) is 2.42. The van der Waals surface area contributed by atoms with Crippen molar-refractivity contribution in [3.8, 4) is 0 Å². The fraction of sp³-hybridized carbons (Fsp3) is 0.312. The molecule has 4 heteroatoms. The highest BCUT2D eigenvalue weighted by molar-refractivity contribution is 9.10. The molecule has 1 aliphatic carbocycles. The maximum atomic E-state index is 10.8. The van der Waals surface area contributed by atoms with E-state index in [0.717, 1.165) is 27.5 Å². The lowest BCUT2D eigenvalue weighted by molar-refractivity contribution is 0.0258. The molecule has 2 nitrogen and oxygen atoms in total. The first-order valence-electron chi connectivity index (χ1n) is 6.64. The molecule has 1 aliphatic rings. The molecule has 0 bridgehead atoms. The Morgan fingerprint density at radius 2 is 1.90 bits per heavy atom. The topological polar surface area (TPSA) is 33.1 Å². The Morgan fingerprint density at radius 3 is 2.65 bits per heavy atom. The number of nitrogens with zero attached hydrogens (tertiary/aromatic N) is 1. The SMILES string of the molecule is OC1(Cc2ccc(Br)cn2)CCc2cc(Br)ccc2C1. The zero-order valence-corrected chi connectivity index (χ0v) is 14.1. The number of hydrogen-bond acceptors (Lipinski definition) is 2. The minimum Gasteiger partial charge on any atom is -0.389 e. The highest BCUT2D eigenvalue weighted by Crippen LogP contribution is 2.32. The van der Waals surface area contributed by atoms with Crippen molar-refractivity contribution >= 4 is 31.9 Å². The van der Waals surface area contributed by atoms with Crippen molar-refractivity contribution in [3.63, 3.8) is 0 Å². The molecule has 1 atom stereocenters. The third kappa shape index (κ3) is 3.13. The van der Waals surface area contributed by atoms with E-state index in [1.165, 1.54) is 11.1 Å². The molecular formula is C16H15Br2NO. The maximum Gasteiger partial charge on any atom is 0.0746 e. The Morgan fingerprint density at radius 1 is 1.10 bits per heavy atom. The van der Waals surface area contributed by atoms with Gasteiger partial charge in [0, 0.05) is 33.7 Å². The fourth-order valence-electron chi connectivity index (χ4n) is 2.81. The molecule has 2 aromatic rings. The van der Waals surface area contributed by atoms with E-state index in [1.807, 2.05) is 18.2 Å². The zero-order chi connectivity index (χ0) is 14.2. The van der Waals surface area contributed by atoms with Crippen LogP contribution in [0.2, 0.25) is 0 Å². The first kappa shape index (κ1) is 14.2. The molecule has 1 aromatic heterocycles. The number of hydrogen-bond donors (Lipinski definition) is 1. The number of aryl methyl sites for hydroxylation is 1. The van der Waals surface area contributed by atoms with Gasteiger partial charge in [0.25, 0.3) is 0 Å². The number of aliphatic hydroxyl groups is 1. The van der Waals surface area contributed by atoms with Crippen LogP contribution in [0.5, 0.6) is 0 Å². The molecule has 104 valence electrons. The Balaban J connectivity index is 1.80. The summed E-state index contributed by atoms with van der Waals surface area (Å²) in [5.41, 5.74) is 2.85. The zero-order valence-electron chi connectivity index (χ0n) is 10.9. The predicted octanol–water partition coefficient (Wildman–Crippen LogP) is 4.07. The molecule has 0 fully saturated rings. The van der Waals surface area contributed by atoms with Crippen LogP contribution in [-0.2, 0) is 19.3 Å². The van der Waals surface area contributed by atoms with Crippen molar-refractivity contribution in [2.75, 3.05) is 0 Å². The van der Waals surface area contributed by atoms with E-state index < -0.39 is 5.60 Å². The molecule has 0 spiro atoms. The smallest absolute Gasteiger partial charge is 0.0746 e. The van der Waals surface area contributed by atoms with Gasteiger partial charge in [0.1, 0.15) is 0 Å². The molecule has 1 unspecified atom stereocenters. The largest absolute Gasteiger partial charge is 0.389 e. The van der Waals surface area contributed by atoms with E-state index in [4.69, 9.17) is 0 Å². The number of pyridine rings is 1. The summed E-state index contributed by atoms with van der Waals surface area (Å²) < 4.78 is 2.07. The van der Waals surface area contributed by atoms with Crippen molar-refractivity contribution in [2.45, 2.75) is 31.3 Å². The Kier molecular flexibility index (Phi) is 3.98. The van der Waals surface area contributed by atoms with Crippen LogP contribution in [0.15, 0.2) is 45.5 Å². The summed E-state index contributed by atoms with van der Waals surface area (Å²) >= 11 is 6.89. The summed E-state index contributed by atoms with van der Waals surface area (Å²) in [6, 6.07) is 10.3. The van der Waals surface area contributed by atoms with Crippen LogP contribution in [0.3, 0.4) is 0 Å². The van der Waals surface area contributed by atoms with E-state index in [1.54, 1.807) is 6.20 Å². The number of benzene rings is 1. The molecule has 0 radical (unpaired) electrons. The van der Waals surface area contributed by atoms with Gasteiger partial charge in [0.15, 0.2) is 0 Å². The number of fused-ring (bicyclic) bond motifs is 1. The first-order valence-corrected chi connectivity index (χ1v) is 8.23. The second-order valence-electron chi connectivity index (χ2n) is 5.46. The van der Waals surface area contributed by atoms with Crippen LogP contribution in [0, 0.1) is 0 Å². The Hall–Kier alpha value is -0.710. The van der Waals surface area contributed by atoms with Crippen LogP contribution in [0.25, 0.3) is 0 Å². The molecule has 3 rings (SSSR count). The summed E-state index contributed by atoms with van der Waals surface area (Å²) in [7, 11) is 0. The van der Waals surface area contributed by atoms with Crippen LogP contribution in [0.1, 0.15) is 23.2 Å². The summed E-state index contributed by atoms with van der Waals surface area (Å²) in [5, 5.41) is 10.8. The number of aromatic nitrogens is 1. The monoisotopic (exact) mass is 395 g/mol. The van der Waals surface area contributed by atoms with Gasteiger partial charge < -0.3 is 5.11 Å². The minimum atomic E-state index is -0.679. The van der Waals surface area contributed by atoms with Crippen molar-refractivity contribution in [2.24, 2.45) is 0 Å². The van der Waals surface area contributed by atoms with Crippen LogP contribution in [-0.4, -0.2) is 15.7 Å². The first-order chi connectivity index (χ1) is 9.54. The maximum absolute atomic E-state index is 10.8. The van der Waals surface area contributed by atoms with Crippen LogP contribution in [0.4, 0.5) is 0 Å². The Labute approximate surface area is 135 Å². The van der Waals surface area contributed by atoms with Gasteiger partial charge in [0.05, 0.1) is 5.60 Å². The molecule has 0 aliphatic heterocycles. The third-order valence-electron chi connectivity index (χ3n) is 3.85. The van der Waals surface area contributed by atoms with Gasteiger partial charge in [-0.1, -0.05) is 22.0 Å². The van der Waals surface area contributed by atoms with Crippen LogP contribution < -0.4 is 0 Å². The van der Waals surface area contributed by atoms with Gasteiger partial charge in [-0.05, 0) is 64.2 Å². The van der Waals surface area contributed by atoms with E-state index in [-0.39, 0.29) is 0 Å². The van der Waals surface area contributed by atoms with Crippen molar-refractivity contribution < 1.29 is 5.11 Å². The summed E-state index contributed by atoms with van der Waals surface area (Å²) in [6.07, 6.45) is 4.80. The van der Waals surface area contributed by atoms with Crippen molar-refractivity contribution in [1.29, 1.82) is 0 Å².